The molecule has 0 saturated heterocycles. The van der Waals surface area contributed by atoms with Crippen LogP contribution >= 0.6 is 11.3 Å². The molecule has 2 heterocycles. The third-order valence-corrected chi connectivity index (χ3v) is 15.2. The minimum atomic E-state index is -0.163. The first kappa shape index (κ1) is 37.4. The monoisotopic (exact) mass is 818 g/mol. The first-order valence-corrected chi connectivity index (χ1v) is 22.9. The van der Waals surface area contributed by atoms with Gasteiger partial charge < -0.3 is 9.47 Å². The Labute approximate surface area is 368 Å². The Kier molecular flexibility index (Phi) is 7.72. The summed E-state index contributed by atoms with van der Waals surface area (Å²) >= 11 is 1.90. The number of para-hydroxylation sites is 3. The summed E-state index contributed by atoms with van der Waals surface area (Å²) in [6.45, 7) is 19.1. The minimum absolute atomic E-state index is 0.0293. The van der Waals surface area contributed by atoms with E-state index in [4.69, 9.17) is 0 Å². The van der Waals surface area contributed by atoms with E-state index in [1.807, 2.05) is 11.3 Å². The predicted molar refractivity (Wildman–Crippen MR) is 268 cm³/mol. The highest BCUT2D eigenvalue weighted by Gasteiger charge is 2.42. The summed E-state index contributed by atoms with van der Waals surface area (Å²) in [4.78, 5) is 2.60. The lowest BCUT2D eigenvalue weighted by Crippen LogP contribution is -2.21. The predicted octanol–water partition coefficient (Wildman–Crippen LogP) is 17.2. The lowest BCUT2D eigenvalue weighted by atomic mass is 9.74. The Morgan fingerprint density at radius 3 is 1.81 bits per heavy atom. The zero-order valence-electron chi connectivity index (χ0n) is 36.8. The summed E-state index contributed by atoms with van der Waals surface area (Å²) in [7, 11) is 0. The number of rotatable bonds is 5. The van der Waals surface area contributed by atoms with Gasteiger partial charge in [0.2, 0.25) is 0 Å². The minimum Gasteiger partial charge on any atom is -0.309 e. The third-order valence-electron chi connectivity index (χ3n) is 14.0. The van der Waals surface area contributed by atoms with Crippen molar-refractivity contribution in [3.05, 3.63) is 180 Å². The van der Waals surface area contributed by atoms with Crippen molar-refractivity contribution in [2.75, 3.05) is 4.90 Å². The second-order valence-corrected chi connectivity index (χ2v) is 21.2. The van der Waals surface area contributed by atoms with Crippen molar-refractivity contribution in [3.8, 4) is 39.1 Å². The van der Waals surface area contributed by atoms with Crippen LogP contribution in [0, 0.1) is 0 Å². The van der Waals surface area contributed by atoms with Crippen molar-refractivity contribution in [1.82, 2.24) is 4.57 Å². The Morgan fingerprint density at radius 1 is 0.484 bits per heavy atom. The van der Waals surface area contributed by atoms with E-state index in [0.717, 1.165) is 0 Å². The summed E-state index contributed by atoms with van der Waals surface area (Å²) in [5.74, 6) is 0. The van der Waals surface area contributed by atoms with Gasteiger partial charge in [-0.2, -0.15) is 0 Å². The molecule has 0 bridgehead atoms. The van der Waals surface area contributed by atoms with Crippen LogP contribution in [0.3, 0.4) is 0 Å². The molecule has 2 nitrogen and oxygen atoms in total. The van der Waals surface area contributed by atoms with Crippen molar-refractivity contribution in [2.24, 2.45) is 0 Å². The molecule has 3 heteroatoms. The molecular weight excluding hydrogens is 769 g/mol. The molecule has 12 rings (SSSR count). The Hall–Kier alpha value is -6.42. The van der Waals surface area contributed by atoms with Gasteiger partial charge in [0.05, 0.1) is 38.5 Å². The van der Waals surface area contributed by atoms with E-state index >= 15 is 0 Å². The summed E-state index contributed by atoms with van der Waals surface area (Å²) in [5.41, 5.74) is 20.8. The molecule has 0 spiro atoms. The van der Waals surface area contributed by atoms with E-state index in [9.17, 15) is 0 Å². The maximum absolute atomic E-state index is 2.60. The van der Waals surface area contributed by atoms with E-state index in [2.05, 4.69) is 223 Å². The third kappa shape index (κ3) is 5.15. The van der Waals surface area contributed by atoms with Crippen molar-refractivity contribution < 1.29 is 0 Å². The molecule has 0 amide bonds. The normalized spacial score (nSPS) is 13.9. The van der Waals surface area contributed by atoms with Crippen LogP contribution in [0.25, 0.3) is 81.0 Å². The molecule has 3 aliphatic rings. The van der Waals surface area contributed by atoms with Gasteiger partial charge in [-0.15, -0.1) is 11.3 Å². The molecule has 0 saturated carbocycles. The fraction of sp³-hybridized carbons (Fsp3) is 0.186. The average molecular weight is 819 g/mol. The van der Waals surface area contributed by atoms with Gasteiger partial charge in [-0.1, -0.05) is 171 Å². The van der Waals surface area contributed by atoms with Gasteiger partial charge in [-0.25, -0.2) is 0 Å². The van der Waals surface area contributed by atoms with E-state index in [1.165, 1.54) is 120 Å². The van der Waals surface area contributed by atoms with Crippen molar-refractivity contribution in [3.63, 3.8) is 0 Å². The quantitative estimate of drug-likeness (QED) is 0.168. The topological polar surface area (TPSA) is 8.17 Å². The molecule has 0 atom stereocenters. The molecule has 0 aliphatic heterocycles. The molecule has 2 aromatic heterocycles. The molecule has 302 valence electrons. The highest BCUT2D eigenvalue weighted by Crippen LogP contribution is 2.60. The van der Waals surface area contributed by atoms with Gasteiger partial charge in [-0.3, -0.25) is 0 Å². The highest BCUT2D eigenvalue weighted by molar-refractivity contribution is 7.26. The molecule has 7 aromatic carbocycles. The summed E-state index contributed by atoms with van der Waals surface area (Å²) in [6, 6.07) is 59.6. The second-order valence-electron chi connectivity index (χ2n) is 20.2. The zero-order valence-corrected chi connectivity index (χ0v) is 37.6. The first-order valence-electron chi connectivity index (χ1n) is 22.1. The van der Waals surface area contributed by atoms with Gasteiger partial charge >= 0.3 is 0 Å². The fourth-order valence-electron chi connectivity index (χ4n) is 10.8. The molecule has 62 heavy (non-hydrogen) atoms. The Bertz CT molecular complexity index is 3470. The van der Waals surface area contributed by atoms with E-state index < -0.39 is 0 Å². The van der Waals surface area contributed by atoms with Crippen LogP contribution in [0.15, 0.2) is 158 Å². The van der Waals surface area contributed by atoms with Crippen molar-refractivity contribution in [1.29, 1.82) is 0 Å². The van der Waals surface area contributed by atoms with Crippen LogP contribution < -0.4 is 4.90 Å². The van der Waals surface area contributed by atoms with Gasteiger partial charge in [-0.05, 0) is 97.8 Å². The molecule has 9 aromatic rings. The van der Waals surface area contributed by atoms with Crippen molar-refractivity contribution in [2.45, 2.75) is 71.6 Å². The zero-order chi connectivity index (χ0) is 42.4. The van der Waals surface area contributed by atoms with E-state index in [1.54, 1.807) is 0 Å². The van der Waals surface area contributed by atoms with Crippen molar-refractivity contribution >= 4 is 70.4 Å². The maximum Gasteiger partial charge on any atom is 0.0640 e. The summed E-state index contributed by atoms with van der Waals surface area (Å²) in [5, 5.41) is 5.17. The van der Waals surface area contributed by atoms with Gasteiger partial charge in [0.25, 0.3) is 0 Å². The average Bonchev–Trinajstić information content (AvgIpc) is 3.87. The second kappa shape index (κ2) is 12.8. The molecule has 0 radical (unpaired) electrons. The number of hydrogen-bond donors (Lipinski definition) is 0. The largest absolute Gasteiger partial charge is 0.309 e. The number of anilines is 3. The van der Waals surface area contributed by atoms with E-state index in [-0.39, 0.29) is 16.2 Å². The number of aromatic nitrogens is 1. The number of nitrogens with zero attached hydrogens (tertiary/aromatic N) is 2. The van der Waals surface area contributed by atoms with Gasteiger partial charge in [0, 0.05) is 42.8 Å². The number of thiophene rings is 1. The molecule has 0 fully saturated rings. The molecule has 0 unspecified atom stereocenters. The highest BCUT2D eigenvalue weighted by atomic mass is 32.1. The summed E-state index contributed by atoms with van der Waals surface area (Å²) < 4.78 is 5.10. The summed E-state index contributed by atoms with van der Waals surface area (Å²) in [6.07, 6.45) is 0. The van der Waals surface area contributed by atoms with Crippen LogP contribution in [0.5, 0.6) is 0 Å². The number of hydrogen-bond acceptors (Lipinski definition) is 2. The Balaban J connectivity index is 1.14. The first-order chi connectivity index (χ1) is 29.8. The van der Waals surface area contributed by atoms with Crippen LogP contribution in [-0.2, 0) is 16.2 Å². The van der Waals surface area contributed by atoms with Gasteiger partial charge in [0.15, 0.2) is 0 Å². The lowest BCUT2D eigenvalue weighted by molar-refractivity contribution is 0.564. The van der Waals surface area contributed by atoms with Crippen LogP contribution in [0.4, 0.5) is 17.1 Å². The van der Waals surface area contributed by atoms with Gasteiger partial charge in [0.1, 0.15) is 0 Å². The van der Waals surface area contributed by atoms with E-state index in [0.29, 0.717) is 0 Å². The molecule has 0 N–H and O–H groups in total. The van der Waals surface area contributed by atoms with Crippen LogP contribution in [-0.4, -0.2) is 4.57 Å². The lowest BCUT2D eigenvalue weighted by Gasteiger charge is -2.37. The number of fused-ring (bicyclic) bond motifs is 10. The maximum atomic E-state index is 2.60. The van der Waals surface area contributed by atoms with Crippen LogP contribution in [0.2, 0.25) is 0 Å². The smallest absolute Gasteiger partial charge is 0.0640 e. The standard InChI is InChI=1S/C59H50N2S/c1-57(2,3)36-33-44(58(4,5)6)55-45(34-36)59(7,8)43-25-17-23-41(54(43)55)39-21-11-15-28-48(39)61(49-29-18-24-42-40-22-12-16-30-52(40)62-56(42)49)51-32-35-31-50(53(35)51)60-46-26-13-9-19-37(46)38-20-10-14-27-47(38)60/h9-34H,1-8H3. The molecule has 3 aliphatic carbocycles. The molecular formula is C59H50N2S. The fourth-order valence-corrected chi connectivity index (χ4v) is 12.0. The SMILES string of the molecule is CC(C)(C)c1cc(C(C)(C)C)c2c(c1)C(C)(C)c1cccc(-c3ccccc3N(c3cc4cc(-n5c6ccccc6c6ccccc65)c3-4)c3cccc4c3sc3ccccc34)c1-2. The van der Waals surface area contributed by atoms with Crippen LogP contribution in [0.1, 0.15) is 77.6 Å². The Morgan fingerprint density at radius 2 is 1.10 bits per heavy atom. The number of benzene rings is 8.